The van der Waals surface area contributed by atoms with Crippen LogP contribution in [0, 0.1) is 0 Å². The van der Waals surface area contributed by atoms with Crippen molar-refractivity contribution in [3.8, 4) is 0 Å². The van der Waals surface area contributed by atoms with Crippen LogP contribution in [0.1, 0.15) is 0 Å². The minimum absolute atomic E-state index is 0.0448. The molecule has 1 aromatic rings. The second kappa shape index (κ2) is 5.85. The first-order valence-electron chi connectivity index (χ1n) is 5.39. The van der Waals surface area contributed by atoms with Crippen molar-refractivity contribution in [1.82, 2.24) is 0 Å². The predicted molar refractivity (Wildman–Crippen MR) is 67.6 cm³/mol. The first kappa shape index (κ1) is 16.5. The maximum Gasteiger partial charge on any atom is 0.405 e. The SMILES string of the molecule is Nc1cc(N(CCO)CC(F)(F)F)cc(S(N)(=O)=O)c1. The molecule has 114 valence electrons. The molecule has 0 atom stereocenters. The zero-order chi connectivity index (χ0) is 15.6. The van der Waals surface area contributed by atoms with Crippen LogP contribution < -0.4 is 15.8 Å². The third-order valence-electron chi connectivity index (χ3n) is 2.35. The number of aliphatic hydroxyl groups excluding tert-OH is 1. The number of primary sulfonamides is 1. The highest BCUT2D eigenvalue weighted by Crippen LogP contribution is 2.26. The fraction of sp³-hybridized carbons (Fsp3) is 0.400. The largest absolute Gasteiger partial charge is 0.405 e. The van der Waals surface area contributed by atoms with Crippen LogP contribution in [0.2, 0.25) is 0 Å². The molecule has 0 amide bonds. The molecule has 0 unspecified atom stereocenters. The van der Waals surface area contributed by atoms with Gasteiger partial charge in [-0.05, 0) is 18.2 Å². The fourth-order valence-corrected chi connectivity index (χ4v) is 2.17. The van der Waals surface area contributed by atoms with Crippen LogP contribution in [0.15, 0.2) is 23.1 Å². The van der Waals surface area contributed by atoms with Crippen molar-refractivity contribution in [2.45, 2.75) is 11.1 Å². The molecule has 0 spiro atoms. The van der Waals surface area contributed by atoms with Crippen LogP contribution in [0.25, 0.3) is 0 Å². The molecule has 1 aromatic carbocycles. The molecule has 0 bridgehead atoms. The molecule has 20 heavy (non-hydrogen) atoms. The van der Waals surface area contributed by atoms with Crippen LogP contribution in [-0.2, 0) is 10.0 Å². The summed E-state index contributed by atoms with van der Waals surface area (Å²) >= 11 is 0. The molecule has 6 nitrogen and oxygen atoms in total. The molecule has 1 rings (SSSR count). The van der Waals surface area contributed by atoms with Crippen molar-refractivity contribution in [3.63, 3.8) is 0 Å². The number of nitrogens with zero attached hydrogens (tertiary/aromatic N) is 1. The summed E-state index contributed by atoms with van der Waals surface area (Å²) in [5.41, 5.74) is 5.34. The zero-order valence-electron chi connectivity index (χ0n) is 10.3. The molecule has 0 aliphatic rings. The number of hydrogen-bond acceptors (Lipinski definition) is 5. The predicted octanol–water partition coefficient (Wildman–Crippen LogP) is 0.277. The molecule has 0 radical (unpaired) electrons. The number of benzene rings is 1. The van der Waals surface area contributed by atoms with Gasteiger partial charge in [0.2, 0.25) is 10.0 Å². The van der Waals surface area contributed by atoms with E-state index in [1.54, 1.807) is 0 Å². The average molecular weight is 313 g/mol. The number of nitrogen functional groups attached to an aromatic ring is 1. The minimum Gasteiger partial charge on any atom is -0.399 e. The molecule has 0 aliphatic heterocycles. The van der Waals surface area contributed by atoms with Crippen molar-refractivity contribution in [2.24, 2.45) is 5.14 Å². The molecule has 5 N–H and O–H groups in total. The first-order valence-corrected chi connectivity index (χ1v) is 6.93. The number of anilines is 2. The molecule has 0 heterocycles. The van der Waals surface area contributed by atoms with Crippen molar-refractivity contribution in [1.29, 1.82) is 0 Å². The Labute approximate surface area is 113 Å². The summed E-state index contributed by atoms with van der Waals surface area (Å²) in [6.45, 7) is -2.20. The lowest BCUT2D eigenvalue weighted by atomic mass is 10.2. The lowest BCUT2D eigenvalue weighted by Crippen LogP contribution is -2.36. The van der Waals surface area contributed by atoms with Gasteiger partial charge in [0.25, 0.3) is 0 Å². The van der Waals surface area contributed by atoms with Gasteiger partial charge in [-0.2, -0.15) is 13.2 Å². The van der Waals surface area contributed by atoms with Crippen molar-refractivity contribution >= 4 is 21.4 Å². The van der Waals surface area contributed by atoms with Crippen molar-refractivity contribution in [3.05, 3.63) is 18.2 Å². The summed E-state index contributed by atoms with van der Waals surface area (Å²) in [7, 11) is -4.09. The van der Waals surface area contributed by atoms with Crippen LogP contribution in [-0.4, -0.2) is 39.4 Å². The summed E-state index contributed by atoms with van der Waals surface area (Å²) in [6.07, 6.45) is -4.51. The molecular formula is C10H14F3N3O3S. The van der Waals surface area contributed by atoms with Crippen LogP contribution in [0.3, 0.4) is 0 Å². The van der Waals surface area contributed by atoms with Crippen molar-refractivity contribution in [2.75, 3.05) is 30.3 Å². The number of alkyl halides is 3. The summed E-state index contributed by atoms with van der Waals surface area (Å²) in [5, 5.41) is 13.7. The van der Waals surface area contributed by atoms with E-state index in [0.29, 0.717) is 0 Å². The topological polar surface area (TPSA) is 110 Å². The Morgan fingerprint density at radius 3 is 2.30 bits per heavy atom. The van der Waals surface area contributed by atoms with Gasteiger partial charge in [0.05, 0.1) is 11.5 Å². The van der Waals surface area contributed by atoms with Crippen LogP contribution in [0.4, 0.5) is 24.5 Å². The highest BCUT2D eigenvalue weighted by Gasteiger charge is 2.31. The molecular weight excluding hydrogens is 299 g/mol. The Bertz CT molecular complexity index is 575. The maximum absolute atomic E-state index is 12.5. The van der Waals surface area contributed by atoms with E-state index in [1.165, 1.54) is 6.07 Å². The van der Waals surface area contributed by atoms with Gasteiger partial charge in [0.15, 0.2) is 0 Å². The van der Waals surface area contributed by atoms with Gasteiger partial charge in [-0.15, -0.1) is 0 Å². The van der Waals surface area contributed by atoms with Crippen LogP contribution in [0.5, 0.6) is 0 Å². The fourth-order valence-electron chi connectivity index (χ4n) is 1.59. The number of aliphatic hydroxyl groups is 1. The van der Waals surface area contributed by atoms with E-state index in [1.807, 2.05) is 0 Å². The van der Waals surface area contributed by atoms with Gasteiger partial charge in [-0.25, -0.2) is 13.6 Å². The van der Waals surface area contributed by atoms with Crippen LogP contribution >= 0.6 is 0 Å². The highest BCUT2D eigenvalue weighted by molar-refractivity contribution is 7.89. The van der Waals surface area contributed by atoms with Gasteiger partial charge < -0.3 is 15.7 Å². The number of nitrogens with two attached hydrogens (primary N) is 2. The number of sulfonamides is 1. The van der Waals surface area contributed by atoms with Crippen molar-refractivity contribution < 1.29 is 26.7 Å². The van der Waals surface area contributed by atoms with Gasteiger partial charge >= 0.3 is 6.18 Å². The Balaban J connectivity index is 3.23. The average Bonchev–Trinajstić information content (AvgIpc) is 2.24. The van der Waals surface area contributed by atoms with E-state index < -0.39 is 34.2 Å². The van der Waals surface area contributed by atoms with Gasteiger partial charge in [-0.1, -0.05) is 0 Å². The Hall–Kier alpha value is -1.52. The number of rotatable bonds is 5. The summed E-state index contributed by atoms with van der Waals surface area (Å²) in [5.74, 6) is 0. The third kappa shape index (κ3) is 4.87. The summed E-state index contributed by atoms with van der Waals surface area (Å²) in [4.78, 5) is 0.378. The van der Waals surface area contributed by atoms with Gasteiger partial charge in [-0.3, -0.25) is 0 Å². The van der Waals surface area contributed by atoms with E-state index in [9.17, 15) is 21.6 Å². The second-order valence-electron chi connectivity index (χ2n) is 4.07. The molecule has 0 saturated carbocycles. The van der Waals surface area contributed by atoms with E-state index in [-0.39, 0.29) is 17.9 Å². The van der Waals surface area contributed by atoms with Gasteiger partial charge in [0.1, 0.15) is 6.54 Å². The Morgan fingerprint density at radius 1 is 1.25 bits per heavy atom. The molecule has 0 saturated heterocycles. The summed E-state index contributed by atoms with van der Waals surface area (Å²) in [6, 6.07) is 3.20. The van der Waals surface area contributed by atoms with E-state index in [4.69, 9.17) is 16.0 Å². The standard InChI is InChI=1S/C10H14F3N3O3S/c11-10(12,13)6-16(1-2-17)8-3-7(14)4-9(5-8)20(15,18)19/h3-5,17H,1-2,6,14H2,(H2,15,18,19). The minimum atomic E-state index is -4.51. The lowest BCUT2D eigenvalue weighted by molar-refractivity contribution is -0.119. The number of halogens is 3. The number of hydrogen-bond donors (Lipinski definition) is 3. The Kier molecular flexibility index (Phi) is 4.84. The molecule has 10 heteroatoms. The van der Waals surface area contributed by atoms with E-state index in [2.05, 4.69) is 0 Å². The normalized spacial score (nSPS) is 12.4. The molecule has 0 fully saturated rings. The molecule has 0 aliphatic carbocycles. The molecule has 0 aromatic heterocycles. The van der Waals surface area contributed by atoms with E-state index in [0.717, 1.165) is 17.0 Å². The maximum atomic E-state index is 12.5. The second-order valence-corrected chi connectivity index (χ2v) is 5.63. The van der Waals surface area contributed by atoms with Gasteiger partial charge in [0, 0.05) is 17.9 Å². The Morgan fingerprint density at radius 2 is 1.85 bits per heavy atom. The first-order chi connectivity index (χ1) is 9.03. The third-order valence-corrected chi connectivity index (χ3v) is 3.24. The quantitative estimate of drug-likeness (QED) is 0.676. The highest BCUT2D eigenvalue weighted by atomic mass is 32.2. The monoisotopic (exact) mass is 313 g/mol. The smallest absolute Gasteiger partial charge is 0.399 e. The summed E-state index contributed by atoms with van der Waals surface area (Å²) < 4.78 is 59.8. The lowest BCUT2D eigenvalue weighted by Gasteiger charge is -2.25. The zero-order valence-corrected chi connectivity index (χ0v) is 11.1. The van der Waals surface area contributed by atoms with E-state index >= 15 is 0 Å².